The Kier molecular flexibility index (Phi) is 7.00. The van der Waals surface area contributed by atoms with Crippen molar-refractivity contribution in [3.05, 3.63) is 47.3 Å². The zero-order valence-corrected chi connectivity index (χ0v) is 20.0. The number of carbonyl (C=O) groups excluding carboxylic acids is 3. The number of hydrogen-bond donors (Lipinski definition) is 5. The monoisotopic (exact) mass is 518 g/mol. The van der Waals surface area contributed by atoms with E-state index in [0.717, 1.165) is 0 Å². The molecule has 35 heavy (non-hydrogen) atoms. The van der Waals surface area contributed by atoms with E-state index in [0.29, 0.717) is 33.4 Å². The van der Waals surface area contributed by atoms with Gasteiger partial charge >= 0.3 is 12.0 Å². The predicted molar refractivity (Wildman–Crippen MR) is 128 cm³/mol. The van der Waals surface area contributed by atoms with Crippen molar-refractivity contribution in [2.24, 2.45) is 11.5 Å². The van der Waals surface area contributed by atoms with Crippen molar-refractivity contribution in [1.29, 1.82) is 0 Å². The Morgan fingerprint density at radius 2 is 2.09 bits per heavy atom. The van der Waals surface area contributed by atoms with Crippen LogP contribution in [0.1, 0.15) is 11.6 Å². The van der Waals surface area contributed by atoms with Crippen LogP contribution in [0.5, 0.6) is 0 Å². The number of fused-ring (bicyclic) bond motifs is 1. The number of carbonyl (C=O) groups is 4. The minimum absolute atomic E-state index is 0.0706. The van der Waals surface area contributed by atoms with Crippen molar-refractivity contribution >= 4 is 53.0 Å². The molecule has 1 saturated heterocycles. The zero-order valence-electron chi connectivity index (χ0n) is 18.4. The normalized spacial score (nSPS) is 20.1. The van der Waals surface area contributed by atoms with Gasteiger partial charge in [0.1, 0.15) is 28.2 Å². The van der Waals surface area contributed by atoms with Crippen LogP contribution in [0.15, 0.2) is 46.8 Å². The number of urea groups is 1. The molecule has 1 aromatic carbocycles. The number of nitrogens with two attached hydrogens (primary N) is 2. The second kappa shape index (κ2) is 9.97. The Morgan fingerprint density at radius 1 is 1.37 bits per heavy atom. The van der Waals surface area contributed by atoms with E-state index in [1.807, 2.05) is 0 Å². The van der Waals surface area contributed by atoms with Crippen molar-refractivity contribution < 1.29 is 24.3 Å². The Morgan fingerprint density at radius 3 is 2.69 bits per heavy atom. The number of benzene rings is 1. The summed E-state index contributed by atoms with van der Waals surface area (Å²) < 4.78 is 0. The Hall–Kier alpha value is -3.56. The number of amides is 4. The first-order chi connectivity index (χ1) is 16.7. The summed E-state index contributed by atoms with van der Waals surface area (Å²) in [5.74, 6) is -1.58. The highest BCUT2D eigenvalue weighted by Gasteiger charge is 2.54. The quantitative estimate of drug-likeness (QED) is 0.231. The first kappa shape index (κ1) is 24.6. The molecule has 2 aromatic rings. The average molecular weight is 519 g/mol. The van der Waals surface area contributed by atoms with Gasteiger partial charge in [0.15, 0.2) is 0 Å². The molecule has 4 rings (SSSR count). The van der Waals surface area contributed by atoms with Crippen LogP contribution in [-0.4, -0.2) is 79.2 Å². The maximum absolute atomic E-state index is 12.8. The number of aromatic nitrogens is 3. The van der Waals surface area contributed by atoms with Crippen LogP contribution in [0.25, 0.3) is 0 Å². The number of thioether (sulfide) groups is 2. The SMILES string of the molecule is CN(C(N)=O)c1ccc(C(N)C(=O)NC2C(=O)N3C(C(=O)O)=C(CSc4c[nH]nn4)CS[C@@H]23)cc1. The lowest BCUT2D eigenvalue weighted by molar-refractivity contribution is -0.150. The Bertz CT molecular complexity index is 1190. The van der Waals surface area contributed by atoms with Crippen molar-refractivity contribution in [2.75, 3.05) is 23.5 Å². The van der Waals surface area contributed by atoms with Gasteiger partial charge in [-0.15, -0.1) is 16.9 Å². The van der Waals surface area contributed by atoms with Crippen LogP contribution < -0.4 is 21.7 Å². The summed E-state index contributed by atoms with van der Waals surface area (Å²) in [6.45, 7) is 0. The first-order valence-corrected chi connectivity index (χ1v) is 12.3. The predicted octanol–water partition coefficient (Wildman–Crippen LogP) is -0.150. The van der Waals surface area contributed by atoms with Crippen molar-refractivity contribution in [2.45, 2.75) is 22.5 Å². The number of H-pyrrole nitrogens is 1. The summed E-state index contributed by atoms with van der Waals surface area (Å²) in [7, 11) is 1.51. The highest BCUT2D eigenvalue weighted by atomic mass is 32.2. The van der Waals surface area contributed by atoms with Gasteiger partial charge in [-0.05, 0) is 23.3 Å². The summed E-state index contributed by atoms with van der Waals surface area (Å²) >= 11 is 2.68. The molecule has 2 unspecified atom stereocenters. The van der Waals surface area contributed by atoms with Crippen LogP contribution in [-0.2, 0) is 14.4 Å². The molecule has 0 aliphatic carbocycles. The van der Waals surface area contributed by atoms with Crippen LogP contribution in [0.3, 0.4) is 0 Å². The number of β-lactam (4-membered cyclic amide) rings is 1. The molecule has 2 aliphatic heterocycles. The van der Waals surface area contributed by atoms with Gasteiger partial charge in [-0.2, -0.15) is 0 Å². The van der Waals surface area contributed by atoms with E-state index in [4.69, 9.17) is 11.5 Å². The van der Waals surface area contributed by atoms with E-state index in [1.165, 1.54) is 40.4 Å². The summed E-state index contributed by atoms with van der Waals surface area (Å²) in [5.41, 5.74) is 12.8. The first-order valence-electron chi connectivity index (χ1n) is 10.3. The maximum Gasteiger partial charge on any atom is 0.352 e. The molecule has 1 fully saturated rings. The number of nitrogens with one attached hydrogen (secondary N) is 2. The fourth-order valence-electron chi connectivity index (χ4n) is 3.64. The number of hydrogen-bond acceptors (Lipinski definition) is 9. The number of primary amides is 1. The number of carboxylic acids is 1. The second-order valence-corrected chi connectivity index (χ2v) is 9.82. The summed E-state index contributed by atoms with van der Waals surface area (Å²) in [5, 5.41) is 22.5. The number of rotatable bonds is 8. The molecule has 2 aliphatic rings. The molecular formula is C20H22N8O5S2. The molecule has 13 nitrogen and oxygen atoms in total. The molecule has 3 heterocycles. The summed E-state index contributed by atoms with van der Waals surface area (Å²) in [6.07, 6.45) is 1.59. The van der Waals surface area contributed by atoms with Gasteiger partial charge in [-0.3, -0.25) is 24.5 Å². The summed E-state index contributed by atoms with van der Waals surface area (Å²) in [4.78, 5) is 51.3. The number of nitrogens with zero attached hydrogens (tertiary/aromatic N) is 4. The number of carboxylic acid groups (broad SMARTS) is 1. The minimum Gasteiger partial charge on any atom is -0.477 e. The lowest BCUT2D eigenvalue weighted by Crippen LogP contribution is -2.71. The van der Waals surface area contributed by atoms with Crippen molar-refractivity contribution in [3.63, 3.8) is 0 Å². The van der Waals surface area contributed by atoms with Gasteiger partial charge < -0.3 is 21.9 Å². The zero-order chi connectivity index (χ0) is 25.3. The van der Waals surface area contributed by atoms with Crippen molar-refractivity contribution in [3.8, 4) is 0 Å². The van der Waals surface area contributed by atoms with Crippen LogP contribution >= 0.6 is 23.5 Å². The number of aromatic amines is 1. The largest absolute Gasteiger partial charge is 0.477 e. The highest BCUT2D eigenvalue weighted by Crippen LogP contribution is 2.41. The van der Waals surface area contributed by atoms with E-state index < -0.39 is 41.3 Å². The molecule has 7 N–H and O–H groups in total. The van der Waals surface area contributed by atoms with E-state index in [2.05, 4.69) is 20.7 Å². The molecule has 1 aromatic heterocycles. The third kappa shape index (κ3) is 4.82. The van der Waals surface area contributed by atoms with Gasteiger partial charge in [-0.1, -0.05) is 29.1 Å². The number of anilines is 1. The molecule has 3 atom stereocenters. The molecule has 0 spiro atoms. The van der Waals surface area contributed by atoms with E-state index in [9.17, 15) is 24.3 Å². The average Bonchev–Trinajstić information content (AvgIpc) is 3.37. The van der Waals surface area contributed by atoms with Crippen molar-refractivity contribution in [1.82, 2.24) is 25.6 Å². The molecular weight excluding hydrogens is 496 g/mol. The lowest BCUT2D eigenvalue weighted by atomic mass is 10.0. The Balaban J connectivity index is 1.42. The van der Waals surface area contributed by atoms with E-state index in [1.54, 1.807) is 30.5 Å². The third-order valence-corrected chi connectivity index (χ3v) is 7.92. The fraction of sp³-hybridized carbons (Fsp3) is 0.300. The topological polar surface area (TPSA) is 201 Å². The summed E-state index contributed by atoms with van der Waals surface area (Å²) in [6, 6.07) is 3.79. The number of aliphatic carboxylic acids is 1. The molecule has 0 radical (unpaired) electrons. The molecule has 0 bridgehead atoms. The van der Waals surface area contributed by atoms with Gasteiger partial charge in [0, 0.05) is 24.2 Å². The maximum atomic E-state index is 12.8. The van der Waals surface area contributed by atoms with Crippen LogP contribution in [0, 0.1) is 0 Å². The lowest BCUT2D eigenvalue weighted by Gasteiger charge is -2.49. The molecule has 4 amide bonds. The smallest absolute Gasteiger partial charge is 0.352 e. The van der Waals surface area contributed by atoms with Gasteiger partial charge in [0.05, 0.1) is 6.20 Å². The van der Waals surface area contributed by atoms with Gasteiger partial charge in [-0.25, -0.2) is 9.59 Å². The third-order valence-electron chi connectivity index (χ3n) is 5.59. The van der Waals surface area contributed by atoms with E-state index >= 15 is 0 Å². The van der Waals surface area contributed by atoms with Gasteiger partial charge in [0.25, 0.3) is 5.91 Å². The second-order valence-electron chi connectivity index (χ2n) is 7.72. The van der Waals surface area contributed by atoms with Crippen LogP contribution in [0.2, 0.25) is 0 Å². The van der Waals surface area contributed by atoms with Gasteiger partial charge in [0.2, 0.25) is 5.91 Å². The Labute approximate surface area is 207 Å². The standard InChI is InChI=1S/C20H22N8O5S2/c1-27(20(22)33)11-4-2-9(3-5-11)13(21)16(29)24-14-17(30)28-15(19(31)32)10(8-35-18(14)28)7-34-12-6-23-26-25-12/h2-6,13-14,18H,7-8,21H2,1H3,(H2,22,33)(H,24,29)(H,31,32)(H,23,25,26)/t13?,14?,18-/m0/s1. The molecule has 184 valence electrons. The molecule has 15 heteroatoms. The minimum atomic E-state index is -1.21. The highest BCUT2D eigenvalue weighted by molar-refractivity contribution is 8.01. The van der Waals surface area contributed by atoms with E-state index in [-0.39, 0.29) is 5.70 Å². The molecule has 0 saturated carbocycles. The fourth-order valence-corrected chi connectivity index (χ4v) is 5.91. The van der Waals surface area contributed by atoms with Crippen LogP contribution in [0.4, 0.5) is 10.5 Å².